The predicted octanol–water partition coefficient (Wildman–Crippen LogP) is 3.96. The molecule has 4 nitrogen and oxygen atoms in total. The molecule has 2 unspecified atom stereocenters. The third-order valence-corrected chi connectivity index (χ3v) is 5.39. The van der Waals surface area contributed by atoms with Crippen LogP contribution in [-0.2, 0) is 6.54 Å². The highest BCUT2D eigenvalue weighted by Crippen LogP contribution is 2.28. The van der Waals surface area contributed by atoms with Gasteiger partial charge in [0, 0.05) is 17.8 Å². The zero-order valence-corrected chi connectivity index (χ0v) is 18.2. The number of hydrogen-bond donors (Lipinski definition) is 2. The van der Waals surface area contributed by atoms with Crippen LogP contribution in [0.15, 0.2) is 23.2 Å². The van der Waals surface area contributed by atoms with E-state index in [1.807, 2.05) is 11.8 Å². The number of rotatable bonds is 6. The molecule has 2 rings (SSSR count). The number of ether oxygens (including phenoxy) is 1. The Morgan fingerprint density at radius 1 is 1.38 bits per heavy atom. The van der Waals surface area contributed by atoms with Crippen molar-refractivity contribution in [3.8, 4) is 5.75 Å². The smallest absolute Gasteiger partial charge is 0.191 e. The number of nitrogens with zero attached hydrogens (tertiary/aromatic N) is 1. The van der Waals surface area contributed by atoms with Crippen LogP contribution < -0.4 is 15.4 Å². The lowest BCUT2D eigenvalue weighted by Crippen LogP contribution is -2.42. The molecular weight excluding hydrogens is 433 g/mol. The standard InChI is InChI=1S/C18H29N3OS.HI/c1-5-19-18(21-15-8-9-16(11-15)23-4)20-12-14-7-6-13(2)17(10-14)22-3;/h6-7,10,15-16H,5,8-9,11-12H2,1-4H3,(H2,19,20,21);1H. The number of aliphatic imine (C=N–C) groups is 1. The second-order valence-corrected chi connectivity index (χ2v) is 7.15. The maximum Gasteiger partial charge on any atom is 0.191 e. The molecule has 1 fully saturated rings. The highest BCUT2D eigenvalue weighted by molar-refractivity contribution is 14.0. The topological polar surface area (TPSA) is 45.7 Å². The Labute approximate surface area is 167 Å². The molecule has 1 aliphatic rings. The van der Waals surface area contributed by atoms with Gasteiger partial charge >= 0.3 is 0 Å². The van der Waals surface area contributed by atoms with E-state index in [0.717, 1.165) is 34.6 Å². The number of aryl methyl sites for hydroxylation is 1. The van der Waals surface area contributed by atoms with Gasteiger partial charge in [-0.1, -0.05) is 12.1 Å². The molecule has 1 aromatic rings. The second kappa shape index (κ2) is 11.1. The van der Waals surface area contributed by atoms with Gasteiger partial charge in [0.1, 0.15) is 5.75 Å². The summed E-state index contributed by atoms with van der Waals surface area (Å²) >= 11 is 1.98. The van der Waals surface area contributed by atoms with Crippen molar-refractivity contribution in [2.75, 3.05) is 19.9 Å². The van der Waals surface area contributed by atoms with Gasteiger partial charge in [0.2, 0.25) is 0 Å². The van der Waals surface area contributed by atoms with E-state index >= 15 is 0 Å². The average Bonchev–Trinajstić information content (AvgIpc) is 3.01. The minimum absolute atomic E-state index is 0. The number of methoxy groups -OCH3 is 1. The number of nitrogens with one attached hydrogen (secondary N) is 2. The van der Waals surface area contributed by atoms with Crippen LogP contribution >= 0.6 is 35.7 Å². The molecule has 1 aliphatic carbocycles. The molecule has 2 atom stereocenters. The molecule has 24 heavy (non-hydrogen) atoms. The highest BCUT2D eigenvalue weighted by atomic mass is 127. The fraction of sp³-hybridized carbons (Fsp3) is 0.611. The van der Waals surface area contributed by atoms with Crippen LogP contribution in [0.3, 0.4) is 0 Å². The third kappa shape index (κ3) is 6.35. The van der Waals surface area contributed by atoms with Crippen molar-refractivity contribution in [1.29, 1.82) is 0 Å². The van der Waals surface area contributed by atoms with E-state index < -0.39 is 0 Å². The van der Waals surface area contributed by atoms with Gasteiger partial charge in [0.15, 0.2) is 5.96 Å². The number of guanidine groups is 1. The van der Waals surface area contributed by atoms with Gasteiger partial charge in [0.25, 0.3) is 0 Å². The monoisotopic (exact) mass is 463 g/mol. The van der Waals surface area contributed by atoms with E-state index in [1.165, 1.54) is 19.3 Å². The largest absolute Gasteiger partial charge is 0.496 e. The number of halogens is 1. The van der Waals surface area contributed by atoms with E-state index in [1.54, 1.807) is 7.11 Å². The lowest BCUT2D eigenvalue weighted by molar-refractivity contribution is 0.411. The first-order chi connectivity index (χ1) is 11.2. The summed E-state index contributed by atoms with van der Waals surface area (Å²) in [5, 5.41) is 7.73. The van der Waals surface area contributed by atoms with Gasteiger partial charge in [-0.3, -0.25) is 0 Å². The predicted molar refractivity (Wildman–Crippen MR) is 116 cm³/mol. The van der Waals surface area contributed by atoms with E-state index in [9.17, 15) is 0 Å². The van der Waals surface area contributed by atoms with Gasteiger partial charge in [-0.25, -0.2) is 4.99 Å². The summed E-state index contributed by atoms with van der Waals surface area (Å²) in [6.07, 6.45) is 5.96. The molecule has 6 heteroatoms. The molecule has 0 aromatic heterocycles. The third-order valence-electron chi connectivity index (χ3n) is 4.30. The summed E-state index contributed by atoms with van der Waals surface area (Å²) in [6, 6.07) is 6.81. The molecule has 0 bridgehead atoms. The van der Waals surface area contributed by atoms with Crippen molar-refractivity contribution in [3.05, 3.63) is 29.3 Å². The number of benzene rings is 1. The number of thioether (sulfide) groups is 1. The molecule has 0 spiro atoms. The van der Waals surface area contributed by atoms with E-state index in [0.29, 0.717) is 12.6 Å². The van der Waals surface area contributed by atoms with Crippen molar-refractivity contribution >= 4 is 41.7 Å². The Kier molecular flexibility index (Phi) is 9.88. The Morgan fingerprint density at radius 3 is 2.79 bits per heavy atom. The Bertz CT molecular complexity index is 539. The van der Waals surface area contributed by atoms with Crippen molar-refractivity contribution in [3.63, 3.8) is 0 Å². The molecule has 1 saturated carbocycles. The summed E-state index contributed by atoms with van der Waals surface area (Å²) in [7, 11) is 1.71. The minimum Gasteiger partial charge on any atom is -0.496 e. The normalized spacial score (nSPS) is 20.4. The fourth-order valence-corrected chi connectivity index (χ4v) is 3.73. The van der Waals surface area contributed by atoms with Crippen LogP contribution in [0.2, 0.25) is 0 Å². The number of hydrogen-bond acceptors (Lipinski definition) is 3. The molecule has 0 heterocycles. The van der Waals surface area contributed by atoms with E-state index in [2.05, 4.69) is 48.9 Å². The quantitative estimate of drug-likeness (QED) is 0.381. The van der Waals surface area contributed by atoms with Gasteiger partial charge in [-0.15, -0.1) is 24.0 Å². The maximum absolute atomic E-state index is 5.39. The summed E-state index contributed by atoms with van der Waals surface area (Å²) in [5.41, 5.74) is 2.32. The Balaban J connectivity index is 0.00000288. The van der Waals surface area contributed by atoms with Crippen LogP contribution in [0.5, 0.6) is 5.75 Å². The maximum atomic E-state index is 5.39. The molecule has 0 saturated heterocycles. The van der Waals surface area contributed by atoms with Crippen LogP contribution in [0.1, 0.15) is 37.3 Å². The lowest BCUT2D eigenvalue weighted by Gasteiger charge is -2.17. The Morgan fingerprint density at radius 2 is 2.17 bits per heavy atom. The first-order valence-electron chi connectivity index (χ1n) is 8.37. The molecule has 2 N–H and O–H groups in total. The fourth-order valence-electron chi connectivity index (χ4n) is 2.93. The van der Waals surface area contributed by atoms with Crippen molar-refractivity contribution in [1.82, 2.24) is 10.6 Å². The molecule has 0 amide bonds. The summed E-state index contributed by atoms with van der Waals surface area (Å²) in [4.78, 5) is 4.74. The van der Waals surface area contributed by atoms with Gasteiger partial charge in [-0.05, 0) is 56.6 Å². The van der Waals surface area contributed by atoms with Crippen LogP contribution in [-0.4, -0.2) is 37.2 Å². The molecule has 0 radical (unpaired) electrons. The van der Waals surface area contributed by atoms with Crippen LogP contribution in [0, 0.1) is 6.92 Å². The second-order valence-electron chi connectivity index (χ2n) is 6.01. The molecule has 136 valence electrons. The van der Waals surface area contributed by atoms with E-state index in [4.69, 9.17) is 9.73 Å². The summed E-state index contributed by atoms with van der Waals surface area (Å²) in [5.74, 6) is 1.84. The highest BCUT2D eigenvalue weighted by Gasteiger charge is 2.24. The molecule has 0 aliphatic heterocycles. The first kappa shape index (κ1) is 21.4. The molecular formula is C18H30IN3OS. The lowest BCUT2D eigenvalue weighted by atomic mass is 10.1. The van der Waals surface area contributed by atoms with Gasteiger partial charge in [-0.2, -0.15) is 11.8 Å². The average molecular weight is 463 g/mol. The summed E-state index contributed by atoms with van der Waals surface area (Å²) in [6.45, 7) is 5.69. The van der Waals surface area contributed by atoms with Crippen molar-refractivity contribution in [2.45, 2.75) is 50.9 Å². The molecule has 1 aromatic carbocycles. The van der Waals surface area contributed by atoms with Gasteiger partial charge in [0.05, 0.1) is 13.7 Å². The van der Waals surface area contributed by atoms with Crippen molar-refractivity contribution < 1.29 is 4.74 Å². The first-order valence-corrected chi connectivity index (χ1v) is 9.66. The minimum atomic E-state index is 0. The summed E-state index contributed by atoms with van der Waals surface area (Å²) < 4.78 is 5.39. The van der Waals surface area contributed by atoms with Gasteiger partial charge < -0.3 is 15.4 Å². The van der Waals surface area contributed by atoms with E-state index in [-0.39, 0.29) is 24.0 Å². The van der Waals surface area contributed by atoms with Crippen molar-refractivity contribution in [2.24, 2.45) is 4.99 Å². The Hall–Kier alpha value is -0.630. The van der Waals surface area contributed by atoms with Crippen LogP contribution in [0.25, 0.3) is 0 Å². The SMILES string of the molecule is CCNC(=NCc1ccc(C)c(OC)c1)NC1CCC(SC)C1.I. The van der Waals surface area contributed by atoms with Crippen LogP contribution in [0.4, 0.5) is 0 Å². The zero-order valence-electron chi connectivity index (χ0n) is 15.1. The zero-order chi connectivity index (χ0) is 16.7.